The van der Waals surface area contributed by atoms with Crippen molar-refractivity contribution in [1.29, 1.82) is 5.26 Å². The van der Waals surface area contributed by atoms with Crippen LogP contribution in [0, 0.1) is 21.4 Å². The number of rotatable bonds is 4. The average Bonchev–Trinajstić information content (AvgIpc) is 2.35. The van der Waals surface area contributed by atoms with Gasteiger partial charge < -0.3 is 15.9 Å². The summed E-state index contributed by atoms with van der Waals surface area (Å²) in [6, 6.07) is 5.17. The Kier molecular flexibility index (Phi) is 4.12. The highest BCUT2D eigenvalue weighted by Crippen LogP contribution is 2.24. The summed E-state index contributed by atoms with van der Waals surface area (Å²) in [6.07, 6.45) is -2.56. The maximum atomic E-state index is 10.5. The maximum absolute atomic E-state index is 10.5. The van der Waals surface area contributed by atoms with Crippen LogP contribution in [0.25, 0.3) is 0 Å². The van der Waals surface area contributed by atoms with Crippen molar-refractivity contribution in [2.24, 2.45) is 5.73 Å². The molecule has 7 heteroatoms. The van der Waals surface area contributed by atoms with E-state index in [2.05, 4.69) is 0 Å². The van der Waals surface area contributed by atoms with Crippen molar-refractivity contribution in [3.8, 4) is 6.07 Å². The predicted molar refractivity (Wildman–Crippen MR) is 57.8 cm³/mol. The van der Waals surface area contributed by atoms with Crippen LogP contribution >= 0.6 is 0 Å². The van der Waals surface area contributed by atoms with E-state index < -0.39 is 17.1 Å². The summed E-state index contributed by atoms with van der Waals surface area (Å²) < 4.78 is 0. The van der Waals surface area contributed by atoms with Crippen LogP contribution in [0.2, 0.25) is 0 Å². The van der Waals surface area contributed by atoms with Gasteiger partial charge in [-0.1, -0.05) is 0 Å². The van der Waals surface area contributed by atoms with Crippen LogP contribution in [0.1, 0.15) is 17.2 Å². The molecule has 90 valence electrons. The van der Waals surface area contributed by atoms with Crippen molar-refractivity contribution in [3.63, 3.8) is 0 Å². The largest absolute Gasteiger partial charge is 0.389 e. The monoisotopic (exact) mass is 237 g/mol. The molecule has 0 aliphatic rings. The molecule has 0 aliphatic carbocycles. The van der Waals surface area contributed by atoms with Gasteiger partial charge in [0, 0.05) is 24.2 Å². The number of nitro groups is 1. The third-order valence-electron chi connectivity index (χ3n) is 2.29. The molecule has 1 aromatic rings. The van der Waals surface area contributed by atoms with Crippen molar-refractivity contribution in [3.05, 3.63) is 39.4 Å². The fraction of sp³-hybridized carbons (Fsp3) is 0.300. The van der Waals surface area contributed by atoms with Crippen LogP contribution < -0.4 is 5.73 Å². The number of nitriles is 1. The molecule has 1 rings (SSSR count). The van der Waals surface area contributed by atoms with E-state index in [4.69, 9.17) is 11.0 Å². The quantitative estimate of drug-likeness (QED) is 0.491. The van der Waals surface area contributed by atoms with Crippen molar-refractivity contribution in [2.75, 3.05) is 6.54 Å². The molecule has 1 aromatic carbocycles. The minimum absolute atomic E-state index is 0.0563. The molecule has 2 unspecified atom stereocenters. The standard InChI is InChI=1S/C10H11N3O4/c11-4-6-3-7(13(16)17)1-2-8(6)10(15)9(14)5-12/h1-3,9-10,14-15H,5,12H2. The first-order valence-electron chi connectivity index (χ1n) is 4.76. The van der Waals surface area contributed by atoms with Crippen LogP contribution in [0.3, 0.4) is 0 Å². The fourth-order valence-electron chi connectivity index (χ4n) is 1.35. The molecule has 0 bridgehead atoms. The predicted octanol–water partition coefficient (Wildman–Crippen LogP) is -0.181. The molecular weight excluding hydrogens is 226 g/mol. The van der Waals surface area contributed by atoms with Crippen LogP contribution in [-0.4, -0.2) is 27.8 Å². The number of nitro benzene ring substituents is 1. The Hall–Kier alpha value is -2.01. The molecule has 2 atom stereocenters. The number of non-ortho nitro benzene ring substituents is 1. The highest BCUT2D eigenvalue weighted by Gasteiger charge is 2.21. The smallest absolute Gasteiger partial charge is 0.270 e. The molecule has 0 aromatic heterocycles. The lowest BCUT2D eigenvalue weighted by Crippen LogP contribution is -2.27. The van der Waals surface area contributed by atoms with Gasteiger partial charge in [0.1, 0.15) is 6.10 Å². The van der Waals surface area contributed by atoms with Gasteiger partial charge in [0.25, 0.3) is 5.69 Å². The molecule has 7 nitrogen and oxygen atoms in total. The van der Waals surface area contributed by atoms with Gasteiger partial charge in [-0.3, -0.25) is 10.1 Å². The number of nitrogens with zero attached hydrogens (tertiary/aromatic N) is 2. The third-order valence-corrected chi connectivity index (χ3v) is 2.29. The van der Waals surface area contributed by atoms with Crippen LogP contribution in [0.15, 0.2) is 18.2 Å². The zero-order valence-corrected chi connectivity index (χ0v) is 8.78. The minimum Gasteiger partial charge on any atom is -0.389 e. The van der Waals surface area contributed by atoms with Crippen LogP contribution in [-0.2, 0) is 0 Å². The molecule has 0 radical (unpaired) electrons. The van der Waals surface area contributed by atoms with Crippen LogP contribution in [0.4, 0.5) is 5.69 Å². The van der Waals surface area contributed by atoms with Crippen molar-refractivity contribution in [1.82, 2.24) is 0 Å². The highest BCUT2D eigenvalue weighted by atomic mass is 16.6. The van der Waals surface area contributed by atoms with E-state index in [1.165, 1.54) is 6.07 Å². The van der Waals surface area contributed by atoms with Gasteiger partial charge >= 0.3 is 0 Å². The summed E-state index contributed by atoms with van der Waals surface area (Å²) >= 11 is 0. The summed E-state index contributed by atoms with van der Waals surface area (Å²) in [5, 5.41) is 38.4. The lowest BCUT2D eigenvalue weighted by Gasteiger charge is -2.17. The molecule has 0 aliphatic heterocycles. The fourth-order valence-corrected chi connectivity index (χ4v) is 1.35. The maximum Gasteiger partial charge on any atom is 0.270 e. The molecule has 0 amide bonds. The van der Waals surface area contributed by atoms with Crippen molar-refractivity contribution >= 4 is 5.69 Å². The molecule has 0 heterocycles. The molecule has 4 N–H and O–H groups in total. The Bertz CT molecular complexity index is 469. The van der Waals surface area contributed by atoms with Gasteiger partial charge in [0.05, 0.1) is 22.7 Å². The number of nitrogens with two attached hydrogens (primary N) is 1. The lowest BCUT2D eigenvalue weighted by atomic mass is 9.98. The average molecular weight is 237 g/mol. The topological polar surface area (TPSA) is 133 Å². The van der Waals surface area contributed by atoms with Gasteiger partial charge in [0.2, 0.25) is 0 Å². The van der Waals surface area contributed by atoms with E-state index >= 15 is 0 Å². The summed E-state index contributed by atoms with van der Waals surface area (Å²) in [5.74, 6) is 0. The van der Waals surface area contributed by atoms with Gasteiger partial charge in [-0.2, -0.15) is 5.26 Å². The number of benzene rings is 1. The number of hydrogen-bond acceptors (Lipinski definition) is 6. The van der Waals surface area contributed by atoms with E-state index in [0.717, 1.165) is 12.1 Å². The number of aliphatic hydroxyl groups is 2. The summed E-state index contributed by atoms with van der Waals surface area (Å²) in [4.78, 5) is 9.86. The summed E-state index contributed by atoms with van der Waals surface area (Å²) in [6.45, 7) is -0.178. The molecule has 17 heavy (non-hydrogen) atoms. The molecule has 0 saturated carbocycles. The molecular formula is C10H11N3O4. The second kappa shape index (κ2) is 5.36. The molecule has 0 saturated heterocycles. The van der Waals surface area contributed by atoms with Gasteiger partial charge in [-0.05, 0) is 6.07 Å². The normalized spacial score (nSPS) is 13.8. The van der Waals surface area contributed by atoms with Gasteiger partial charge in [-0.15, -0.1) is 0 Å². The van der Waals surface area contributed by atoms with Crippen molar-refractivity contribution < 1.29 is 15.1 Å². The minimum atomic E-state index is -1.34. The second-order valence-electron chi connectivity index (χ2n) is 3.39. The number of aliphatic hydroxyl groups excluding tert-OH is 2. The van der Waals surface area contributed by atoms with E-state index in [9.17, 15) is 20.3 Å². The highest BCUT2D eigenvalue weighted by molar-refractivity contribution is 5.47. The van der Waals surface area contributed by atoms with E-state index in [1.807, 2.05) is 0 Å². The first-order chi connectivity index (χ1) is 8.01. The Labute approximate surface area is 96.9 Å². The zero-order valence-electron chi connectivity index (χ0n) is 8.78. The summed E-state index contributed by atoms with van der Waals surface area (Å²) in [7, 11) is 0. The van der Waals surface area contributed by atoms with Crippen molar-refractivity contribution in [2.45, 2.75) is 12.2 Å². The molecule has 0 fully saturated rings. The van der Waals surface area contributed by atoms with E-state index in [0.29, 0.717) is 0 Å². The van der Waals surface area contributed by atoms with Gasteiger partial charge in [0.15, 0.2) is 0 Å². The number of hydrogen-bond donors (Lipinski definition) is 3. The second-order valence-corrected chi connectivity index (χ2v) is 3.39. The van der Waals surface area contributed by atoms with E-state index in [-0.39, 0.29) is 23.4 Å². The zero-order chi connectivity index (χ0) is 13.0. The van der Waals surface area contributed by atoms with Gasteiger partial charge in [-0.25, -0.2) is 0 Å². The Morgan fingerprint density at radius 1 is 1.53 bits per heavy atom. The van der Waals surface area contributed by atoms with Crippen LogP contribution in [0.5, 0.6) is 0 Å². The lowest BCUT2D eigenvalue weighted by molar-refractivity contribution is -0.384. The van der Waals surface area contributed by atoms with E-state index in [1.54, 1.807) is 6.07 Å². The SMILES string of the molecule is N#Cc1cc([N+](=O)[O-])ccc1C(O)C(O)CN. The first kappa shape index (κ1) is 13.1. The Balaban J connectivity index is 3.18. The molecule has 0 spiro atoms. The third kappa shape index (κ3) is 2.76. The summed E-state index contributed by atoms with van der Waals surface area (Å²) in [5.41, 5.74) is 4.99. The Morgan fingerprint density at radius 2 is 2.18 bits per heavy atom. The Morgan fingerprint density at radius 3 is 2.65 bits per heavy atom. The first-order valence-corrected chi connectivity index (χ1v) is 4.76.